The Morgan fingerprint density at radius 3 is 2.43 bits per heavy atom. The normalized spacial score (nSPS) is 12.6. The topological polar surface area (TPSA) is 55.4 Å². The number of ketones is 1. The number of alkyl halides is 1. The maximum atomic E-state index is 11.9. The molecule has 0 spiro atoms. The fraction of sp³-hybridized carbons (Fsp3) is 0.500. The van der Waals surface area contributed by atoms with Crippen molar-refractivity contribution in [2.45, 2.75) is 44.0 Å². The Labute approximate surface area is 134 Å². The molecule has 21 heavy (non-hydrogen) atoms. The van der Waals surface area contributed by atoms with Gasteiger partial charge in [-0.25, -0.2) is 4.79 Å². The fourth-order valence-corrected chi connectivity index (χ4v) is 2.06. The molecule has 1 atom stereocenters. The minimum Gasteiger partial charge on any atom is -0.444 e. The number of nitrogens with one attached hydrogen (secondary N) is 1. The van der Waals surface area contributed by atoms with E-state index in [4.69, 9.17) is 4.74 Å². The summed E-state index contributed by atoms with van der Waals surface area (Å²) in [6.45, 7) is 5.88. The van der Waals surface area contributed by atoms with Crippen molar-refractivity contribution in [2.75, 3.05) is 6.54 Å². The molecule has 0 aromatic heterocycles. The first-order valence-corrected chi connectivity index (χ1v) is 7.88. The quantitative estimate of drug-likeness (QED) is 0.621. The van der Waals surface area contributed by atoms with Gasteiger partial charge in [-0.15, -0.1) is 0 Å². The Balaban J connectivity index is 2.27. The molecule has 1 amide bonds. The predicted molar refractivity (Wildman–Crippen MR) is 87.0 cm³/mol. The maximum Gasteiger partial charge on any atom is 0.407 e. The van der Waals surface area contributed by atoms with E-state index < -0.39 is 11.7 Å². The van der Waals surface area contributed by atoms with E-state index in [9.17, 15) is 9.59 Å². The number of hydrogen-bond acceptors (Lipinski definition) is 3. The minimum atomic E-state index is -0.505. The van der Waals surface area contributed by atoms with Crippen LogP contribution in [0, 0.1) is 0 Å². The SMILES string of the molecule is CC(C)(C)OC(=O)NCC(Br)CCC(=O)c1ccccc1. The standard InChI is InChI=1S/C16H22BrNO3/c1-16(2,3)21-15(20)18-11-13(17)9-10-14(19)12-7-5-4-6-8-12/h4-8,13H,9-11H2,1-3H3,(H,18,20). The highest BCUT2D eigenvalue weighted by molar-refractivity contribution is 9.09. The van der Waals surface area contributed by atoms with Crippen LogP contribution in [0.1, 0.15) is 44.0 Å². The summed E-state index contributed by atoms with van der Waals surface area (Å²) in [6.07, 6.45) is 0.653. The Hall–Kier alpha value is -1.36. The summed E-state index contributed by atoms with van der Waals surface area (Å²) in [7, 11) is 0. The molecule has 0 saturated heterocycles. The largest absolute Gasteiger partial charge is 0.444 e. The second-order valence-corrected chi connectivity index (χ2v) is 7.10. The molecule has 0 radical (unpaired) electrons. The summed E-state index contributed by atoms with van der Waals surface area (Å²) in [6, 6.07) is 9.20. The Morgan fingerprint density at radius 2 is 1.86 bits per heavy atom. The average molecular weight is 356 g/mol. The third kappa shape index (κ3) is 7.85. The van der Waals surface area contributed by atoms with E-state index in [0.29, 0.717) is 19.4 Å². The van der Waals surface area contributed by atoms with Crippen LogP contribution in [0.2, 0.25) is 0 Å². The molecule has 0 aliphatic carbocycles. The molecule has 1 aromatic carbocycles. The van der Waals surface area contributed by atoms with E-state index in [0.717, 1.165) is 5.56 Å². The average Bonchev–Trinajstić information content (AvgIpc) is 2.41. The minimum absolute atomic E-state index is 0.0395. The predicted octanol–water partition coefficient (Wildman–Crippen LogP) is 3.94. The van der Waals surface area contributed by atoms with Crippen molar-refractivity contribution in [1.29, 1.82) is 0 Å². The van der Waals surface area contributed by atoms with Crippen LogP contribution in [0.4, 0.5) is 4.79 Å². The van der Waals surface area contributed by atoms with Crippen molar-refractivity contribution in [3.63, 3.8) is 0 Å². The van der Waals surface area contributed by atoms with E-state index >= 15 is 0 Å². The monoisotopic (exact) mass is 355 g/mol. The van der Waals surface area contributed by atoms with Crippen LogP contribution < -0.4 is 5.32 Å². The Bertz CT molecular complexity index is 468. The van der Waals surface area contributed by atoms with Crippen LogP contribution >= 0.6 is 15.9 Å². The molecule has 0 heterocycles. The molecule has 0 aliphatic heterocycles. The number of Topliss-reactive ketones (excluding diaryl/α,β-unsaturated/α-hetero) is 1. The third-order valence-corrected chi connectivity index (χ3v) is 3.43. The molecule has 0 fully saturated rings. The highest BCUT2D eigenvalue weighted by Crippen LogP contribution is 2.12. The molecule has 116 valence electrons. The number of halogens is 1. The Kier molecular flexibility index (Phi) is 6.89. The highest BCUT2D eigenvalue weighted by Gasteiger charge is 2.17. The highest BCUT2D eigenvalue weighted by atomic mass is 79.9. The van der Waals surface area contributed by atoms with Gasteiger partial charge >= 0.3 is 6.09 Å². The summed E-state index contributed by atoms with van der Waals surface area (Å²) in [5, 5.41) is 2.68. The van der Waals surface area contributed by atoms with E-state index in [1.54, 1.807) is 0 Å². The summed E-state index contributed by atoms with van der Waals surface area (Å²) < 4.78 is 5.15. The number of amides is 1. The lowest BCUT2D eigenvalue weighted by Gasteiger charge is -2.20. The van der Waals surface area contributed by atoms with Gasteiger partial charge in [0, 0.05) is 23.4 Å². The lowest BCUT2D eigenvalue weighted by molar-refractivity contribution is 0.0528. The van der Waals surface area contributed by atoms with Gasteiger partial charge in [0.15, 0.2) is 5.78 Å². The summed E-state index contributed by atoms with van der Waals surface area (Å²) in [5.41, 5.74) is 0.215. The van der Waals surface area contributed by atoms with Crippen LogP contribution in [0.5, 0.6) is 0 Å². The van der Waals surface area contributed by atoms with Gasteiger partial charge in [-0.2, -0.15) is 0 Å². The van der Waals surface area contributed by atoms with Crippen molar-refractivity contribution in [3.05, 3.63) is 35.9 Å². The number of hydrogen-bond donors (Lipinski definition) is 1. The molecule has 0 aliphatic rings. The van der Waals surface area contributed by atoms with Crippen LogP contribution in [0.25, 0.3) is 0 Å². The second kappa shape index (κ2) is 8.17. The number of carbonyl (C=O) groups is 2. The summed E-state index contributed by atoms with van der Waals surface area (Å²) >= 11 is 3.46. The zero-order chi connectivity index (χ0) is 15.9. The van der Waals surface area contributed by atoms with Crippen LogP contribution in [0.15, 0.2) is 30.3 Å². The van der Waals surface area contributed by atoms with E-state index in [-0.39, 0.29) is 10.6 Å². The van der Waals surface area contributed by atoms with Crippen LogP contribution in [-0.2, 0) is 4.74 Å². The summed E-state index contributed by atoms with van der Waals surface area (Å²) in [5.74, 6) is 0.109. The second-order valence-electron chi connectivity index (χ2n) is 5.81. The first-order chi connectivity index (χ1) is 9.78. The molecule has 1 unspecified atom stereocenters. The molecule has 5 heteroatoms. The smallest absolute Gasteiger partial charge is 0.407 e. The van der Waals surface area contributed by atoms with Crippen molar-refractivity contribution in [3.8, 4) is 0 Å². The van der Waals surface area contributed by atoms with E-state index in [1.807, 2.05) is 51.1 Å². The maximum absolute atomic E-state index is 11.9. The Morgan fingerprint density at radius 1 is 1.24 bits per heavy atom. The first-order valence-electron chi connectivity index (χ1n) is 6.97. The number of carbonyl (C=O) groups excluding carboxylic acids is 2. The molecule has 0 saturated carbocycles. The van der Waals surface area contributed by atoms with Gasteiger partial charge < -0.3 is 10.1 Å². The number of alkyl carbamates (subject to hydrolysis) is 1. The van der Waals surface area contributed by atoms with E-state index in [2.05, 4.69) is 21.2 Å². The van der Waals surface area contributed by atoms with Gasteiger partial charge in [0.05, 0.1) is 0 Å². The van der Waals surface area contributed by atoms with Gasteiger partial charge in [-0.05, 0) is 27.2 Å². The number of benzene rings is 1. The van der Waals surface area contributed by atoms with Gasteiger partial charge in [0.1, 0.15) is 5.60 Å². The summed E-state index contributed by atoms with van der Waals surface area (Å²) in [4.78, 5) is 23.5. The zero-order valence-electron chi connectivity index (χ0n) is 12.7. The van der Waals surface area contributed by atoms with Crippen molar-refractivity contribution in [1.82, 2.24) is 5.32 Å². The van der Waals surface area contributed by atoms with Crippen LogP contribution in [0.3, 0.4) is 0 Å². The molecule has 1 aromatic rings. The lowest BCUT2D eigenvalue weighted by Crippen LogP contribution is -2.35. The molecular weight excluding hydrogens is 334 g/mol. The lowest BCUT2D eigenvalue weighted by atomic mass is 10.1. The van der Waals surface area contributed by atoms with Crippen LogP contribution in [-0.4, -0.2) is 28.8 Å². The number of rotatable bonds is 6. The van der Waals surface area contributed by atoms with Gasteiger partial charge in [-0.1, -0.05) is 46.3 Å². The fourth-order valence-electron chi connectivity index (χ4n) is 1.67. The van der Waals surface area contributed by atoms with Gasteiger partial charge in [0.25, 0.3) is 0 Å². The molecule has 4 nitrogen and oxygen atoms in total. The third-order valence-electron chi connectivity index (χ3n) is 2.65. The first kappa shape index (κ1) is 17.7. The molecular formula is C16H22BrNO3. The van der Waals surface area contributed by atoms with Gasteiger partial charge in [-0.3, -0.25) is 4.79 Å². The van der Waals surface area contributed by atoms with Crippen molar-refractivity contribution >= 4 is 27.8 Å². The van der Waals surface area contributed by atoms with Crippen molar-refractivity contribution in [2.24, 2.45) is 0 Å². The number of ether oxygens (including phenoxy) is 1. The van der Waals surface area contributed by atoms with E-state index in [1.165, 1.54) is 0 Å². The molecule has 1 rings (SSSR count). The zero-order valence-corrected chi connectivity index (χ0v) is 14.3. The van der Waals surface area contributed by atoms with Gasteiger partial charge in [0.2, 0.25) is 0 Å². The molecule has 0 bridgehead atoms. The molecule has 1 N–H and O–H groups in total. The van der Waals surface area contributed by atoms with Crippen molar-refractivity contribution < 1.29 is 14.3 Å².